The van der Waals surface area contributed by atoms with Crippen molar-refractivity contribution in [2.45, 2.75) is 95.6 Å². The van der Waals surface area contributed by atoms with E-state index in [-0.39, 0.29) is 18.2 Å². The van der Waals surface area contributed by atoms with E-state index in [4.69, 9.17) is 5.11 Å². The minimum atomic E-state index is -0.378. The van der Waals surface area contributed by atoms with Crippen molar-refractivity contribution in [3.63, 3.8) is 0 Å². The van der Waals surface area contributed by atoms with Gasteiger partial charge < -0.3 is 10.2 Å². The van der Waals surface area contributed by atoms with Crippen molar-refractivity contribution in [3.05, 3.63) is 132 Å². The van der Waals surface area contributed by atoms with Crippen molar-refractivity contribution in [2.24, 2.45) is 0 Å². The lowest BCUT2D eigenvalue weighted by Gasteiger charge is -2.27. The Morgan fingerprint density at radius 3 is 1.58 bits per heavy atom. The molecule has 0 saturated heterocycles. The van der Waals surface area contributed by atoms with Crippen LogP contribution < -0.4 is 0 Å². The molecule has 10 rings (SSSR count). The smallest absolute Gasteiger partial charge is 0.103 e. The lowest BCUT2D eigenvalue weighted by atomic mass is 9.93. The number of hydrogen-bond donors (Lipinski definition) is 3. The van der Waals surface area contributed by atoms with Crippen molar-refractivity contribution in [1.82, 2.24) is 39.2 Å². The number of rotatable bonds is 7. The molecular formula is C48H42N12O2S2. The molecule has 2 aromatic carbocycles. The quantitative estimate of drug-likeness (QED) is 0.136. The fraction of sp³-hybridized carbons (Fsp3) is 0.250. The summed E-state index contributed by atoms with van der Waals surface area (Å²) >= 11 is 2.89. The van der Waals surface area contributed by atoms with Gasteiger partial charge >= 0.3 is 0 Å². The molecule has 2 aliphatic carbocycles. The average Bonchev–Trinajstić information content (AvgIpc) is 4.18. The van der Waals surface area contributed by atoms with E-state index >= 15 is 0 Å². The number of aromatic nitrogens is 8. The summed E-state index contributed by atoms with van der Waals surface area (Å²) in [6.45, 7) is 0. The third-order valence-electron chi connectivity index (χ3n) is 11.2. The Labute approximate surface area is 378 Å². The molecule has 0 radical (unpaired) electrons. The highest BCUT2D eigenvalue weighted by atomic mass is 32.2. The molecule has 318 valence electrons. The minimum Gasteiger partial charge on any atom is -0.393 e. The molecule has 0 amide bonds. The zero-order valence-corrected chi connectivity index (χ0v) is 36.3. The molecule has 16 heteroatoms. The summed E-state index contributed by atoms with van der Waals surface area (Å²) in [6.07, 6.45) is 23.5. The van der Waals surface area contributed by atoms with Crippen LogP contribution in [0.5, 0.6) is 0 Å². The Kier molecular flexibility index (Phi) is 13.8. The van der Waals surface area contributed by atoms with E-state index < -0.39 is 0 Å². The molecular weight excluding hydrogens is 841 g/mol. The summed E-state index contributed by atoms with van der Waals surface area (Å²) in [5.74, 6) is 0. The second kappa shape index (κ2) is 20.3. The van der Waals surface area contributed by atoms with Crippen molar-refractivity contribution in [2.75, 3.05) is 0 Å². The Bertz CT molecular complexity index is 3070. The topological polar surface area (TPSA) is 217 Å². The number of hydrogen-bond acceptors (Lipinski definition) is 12. The van der Waals surface area contributed by atoms with E-state index in [1.54, 1.807) is 52.1 Å². The van der Waals surface area contributed by atoms with Crippen molar-refractivity contribution >= 4 is 34.6 Å². The molecule has 2 atom stereocenters. The maximum atomic E-state index is 10.4. The van der Waals surface area contributed by atoms with Crippen LogP contribution in [0.2, 0.25) is 0 Å². The van der Waals surface area contributed by atoms with Gasteiger partial charge in [0.25, 0.3) is 0 Å². The van der Waals surface area contributed by atoms with Crippen LogP contribution in [0.25, 0.3) is 33.3 Å². The van der Waals surface area contributed by atoms with Crippen molar-refractivity contribution in [1.29, 1.82) is 21.0 Å². The molecule has 64 heavy (non-hydrogen) atoms. The van der Waals surface area contributed by atoms with E-state index in [0.717, 1.165) is 85.9 Å². The zero-order chi connectivity index (χ0) is 44.4. The van der Waals surface area contributed by atoms with Crippen molar-refractivity contribution < 1.29 is 10.2 Å². The van der Waals surface area contributed by atoms with Gasteiger partial charge in [-0.15, -0.1) is 0 Å². The van der Waals surface area contributed by atoms with Crippen LogP contribution in [0.3, 0.4) is 0 Å². The number of nitrogens with one attached hydrogen (secondary N) is 1. The fourth-order valence-electron chi connectivity index (χ4n) is 7.90. The van der Waals surface area contributed by atoms with Crippen LogP contribution in [-0.2, 0) is 0 Å². The predicted octanol–water partition coefficient (Wildman–Crippen LogP) is 9.50. The van der Waals surface area contributed by atoms with Crippen LogP contribution >= 0.6 is 23.5 Å². The van der Waals surface area contributed by atoms with Gasteiger partial charge in [-0.2, -0.15) is 41.4 Å². The lowest BCUT2D eigenvalue weighted by molar-refractivity contribution is 0.0695. The summed E-state index contributed by atoms with van der Waals surface area (Å²) in [5, 5.41) is 77.1. The van der Waals surface area contributed by atoms with Gasteiger partial charge in [-0.3, -0.25) is 9.78 Å². The van der Waals surface area contributed by atoms with E-state index in [0.29, 0.717) is 27.8 Å². The molecule has 3 N–H and O–H groups in total. The molecule has 2 fully saturated rings. The van der Waals surface area contributed by atoms with Gasteiger partial charge in [0.05, 0.1) is 76.3 Å². The van der Waals surface area contributed by atoms with Crippen LogP contribution in [0.15, 0.2) is 130 Å². The average molecular weight is 883 g/mol. The van der Waals surface area contributed by atoms with Gasteiger partial charge in [0, 0.05) is 66.6 Å². The molecule has 0 aliphatic heterocycles. The van der Waals surface area contributed by atoms with Gasteiger partial charge in [-0.1, -0.05) is 79.9 Å². The highest BCUT2D eigenvalue weighted by Gasteiger charge is 2.26. The van der Waals surface area contributed by atoms with E-state index in [2.05, 4.69) is 49.8 Å². The summed E-state index contributed by atoms with van der Waals surface area (Å²) in [7, 11) is 0. The molecule has 6 heterocycles. The summed E-state index contributed by atoms with van der Waals surface area (Å²) in [4.78, 5) is 3.35. The maximum Gasteiger partial charge on any atom is 0.103 e. The molecule has 2 aliphatic rings. The first-order valence-electron chi connectivity index (χ1n) is 20.9. The number of nitriles is 4. The van der Waals surface area contributed by atoms with Gasteiger partial charge in [0.2, 0.25) is 0 Å². The van der Waals surface area contributed by atoms with Gasteiger partial charge in [-0.25, -0.2) is 9.03 Å². The second-order valence-corrected chi connectivity index (χ2v) is 17.6. The van der Waals surface area contributed by atoms with Crippen LogP contribution in [0.1, 0.15) is 86.1 Å². The van der Waals surface area contributed by atoms with E-state index in [1.807, 2.05) is 71.8 Å². The summed E-state index contributed by atoms with van der Waals surface area (Å²) in [6, 6.07) is 27.6. The Hall–Kier alpha value is -7.18. The van der Waals surface area contributed by atoms with Crippen LogP contribution in [0.4, 0.5) is 0 Å². The maximum absolute atomic E-state index is 10.4. The molecule has 2 unspecified atom stereocenters. The van der Waals surface area contributed by atoms with Gasteiger partial charge in [0.1, 0.15) is 24.3 Å². The molecule has 8 aromatic rings. The molecule has 0 bridgehead atoms. The third kappa shape index (κ3) is 9.72. The molecule has 0 spiro atoms. The standard InChI is InChI=1S/C24H20N6OS.C18H10N6S.C6H12O/c25-10-16-5-1-4-8-22(16)32-23-9-17(14-30-24(23)18(11-26)12-28-30)19-13-27-29(15-19)20-6-2-3-7-21(20)31;19-6-12-3-1-2-4-16(12)25-17-5-13(15-8-21-22-9-15)11-24-18(17)14(7-20)10-23-24;7-6-4-2-1-3-5-6/h1,4-5,8-9,12-15,20-21,31H,2-3,6-7H2;1-5,8-11H,(H,21,22);6-7H,1-5H2. The first-order chi connectivity index (χ1) is 31.4. The first-order valence-corrected chi connectivity index (χ1v) is 22.6. The zero-order valence-electron chi connectivity index (χ0n) is 34.6. The van der Waals surface area contributed by atoms with Crippen LogP contribution in [-0.4, -0.2) is 61.6 Å². The van der Waals surface area contributed by atoms with Gasteiger partial charge in [-0.05, 0) is 62.1 Å². The Balaban J connectivity index is 0.000000155. The third-order valence-corrected chi connectivity index (χ3v) is 13.4. The number of H-pyrrole nitrogens is 1. The number of benzene rings is 2. The number of aliphatic hydroxyl groups excluding tert-OH is 2. The largest absolute Gasteiger partial charge is 0.393 e. The summed E-state index contributed by atoms with van der Waals surface area (Å²) in [5.41, 5.74) is 7.25. The molecule has 6 aromatic heterocycles. The number of pyridine rings is 2. The van der Waals surface area contributed by atoms with E-state index in [1.165, 1.54) is 42.8 Å². The number of aliphatic hydroxyl groups is 2. The Morgan fingerprint density at radius 2 is 1.08 bits per heavy atom. The lowest BCUT2D eigenvalue weighted by Crippen LogP contribution is -2.27. The highest BCUT2D eigenvalue weighted by Crippen LogP contribution is 2.39. The highest BCUT2D eigenvalue weighted by molar-refractivity contribution is 8.00. The van der Waals surface area contributed by atoms with Crippen molar-refractivity contribution in [3.8, 4) is 46.5 Å². The van der Waals surface area contributed by atoms with E-state index in [9.17, 15) is 26.2 Å². The number of nitrogens with zero attached hydrogens (tertiary/aromatic N) is 11. The molecule has 2 saturated carbocycles. The summed E-state index contributed by atoms with van der Waals surface area (Å²) < 4.78 is 5.27. The monoisotopic (exact) mass is 882 g/mol. The number of fused-ring (bicyclic) bond motifs is 2. The first kappa shape index (κ1) is 43.5. The second-order valence-electron chi connectivity index (χ2n) is 15.4. The molecule has 14 nitrogen and oxygen atoms in total. The normalized spacial score (nSPS) is 16.0. The fourth-order valence-corrected chi connectivity index (χ4v) is 10.1. The predicted molar refractivity (Wildman–Crippen MR) is 242 cm³/mol. The SMILES string of the molecule is N#Cc1ccccc1Sc1cc(-c2cn[nH]c2)cn2ncc(C#N)c12.N#Cc1ccccc1Sc1cc(-c2cnn(C3CCCCC3O)c2)cn2ncc(C#N)c12.OC1CCCCC1. The Morgan fingerprint density at radius 1 is 0.547 bits per heavy atom. The number of aromatic amines is 1. The van der Waals surface area contributed by atoms with Gasteiger partial charge in [0.15, 0.2) is 0 Å². The van der Waals surface area contributed by atoms with Crippen LogP contribution in [0, 0.1) is 45.3 Å². The minimum absolute atomic E-state index is 0.00697.